The lowest BCUT2D eigenvalue weighted by atomic mass is 10.1. The van der Waals surface area contributed by atoms with Crippen LogP contribution in [-0.4, -0.2) is 22.5 Å². The van der Waals surface area contributed by atoms with Gasteiger partial charge in [-0.15, -0.1) is 0 Å². The molecule has 2 heterocycles. The first-order valence-electron chi connectivity index (χ1n) is 8.97. The molecule has 4 aromatic rings. The molecule has 0 saturated heterocycles. The Kier molecular flexibility index (Phi) is 4.91. The van der Waals surface area contributed by atoms with Crippen LogP contribution in [0.25, 0.3) is 16.9 Å². The van der Waals surface area contributed by atoms with Crippen molar-refractivity contribution in [3.63, 3.8) is 0 Å². The van der Waals surface area contributed by atoms with Crippen LogP contribution >= 0.6 is 0 Å². The Morgan fingerprint density at radius 1 is 1.00 bits per heavy atom. The first-order chi connectivity index (χ1) is 14.4. The van der Waals surface area contributed by atoms with Crippen molar-refractivity contribution in [1.29, 1.82) is 0 Å². The summed E-state index contributed by atoms with van der Waals surface area (Å²) < 4.78 is 45.2. The van der Waals surface area contributed by atoms with E-state index in [0.29, 0.717) is 34.0 Å². The van der Waals surface area contributed by atoms with Gasteiger partial charge in [-0.1, -0.05) is 18.2 Å². The van der Waals surface area contributed by atoms with E-state index in [2.05, 4.69) is 10.3 Å². The zero-order valence-electron chi connectivity index (χ0n) is 15.8. The van der Waals surface area contributed by atoms with Crippen molar-refractivity contribution in [2.24, 2.45) is 0 Å². The molecule has 0 atom stereocenters. The number of aromatic nitrogens is 2. The number of esters is 1. The second-order valence-corrected chi connectivity index (χ2v) is 6.51. The minimum atomic E-state index is -4.40. The van der Waals surface area contributed by atoms with E-state index in [1.165, 1.54) is 19.2 Å². The fraction of sp³-hybridized carbons (Fsp3) is 0.0909. The number of alkyl halides is 3. The Hall–Kier alpha value is -3.81. The standard InChI is InChI=1S/C22H16F3N3O2/c1-30-21(29)15-7-11-17(12-8-15)26-20-19(27-18-4-2-3-13-28(18)20)14-5-9-16(10-6-14)22(23,24)25/h2-13,26H,1H3. The molecule has 2 aromatic carbocycles. The summed E-state index contributed by atoms with van der Waals surface area (Å²) in [7, 11) is 1.31. The number of imidazole rings is 1. The molecule has 0 saturated carbocycles. The van der Waals surface area contributed by atoms with Crippen LogP contribution in [0.4, 0.5) is 24.7 Å². The maximum absolute atomic E-state index is 12.9. The molecule has 8 heteroatoms. The number of halogens is 3. The number of anilines is 2. The van der Waals surface area contributed by atoms with Gasteiger partial charge in [-0.05, 0) is 48.5 Å². The summed E-state index contributed by atoms with van der Waals surface area (Å²) in [6.45, 7) is 0. The molecular weight excluding hydrogens is 395 g/mol. The Balaban J connectivity index is 1.75. The van der Waals surface area contributed by atoms with Crippen molar-refractivity contribution in [2.45, 2.75) is 6.18 Å². The fourth-order valence-electron chi connectivity index (χ4n) is 3.08. The van der Waals surface area contributed by atoms with Gasteiger partial charge in [0.25, 0.3) is 0 Å². The van der Waals surface area contributed by atoms with Gasteiger partial charge in [-0.2, -0.15) is 13.2 Å². The SMILES string of the molecule is COC(=O)c1ccc(Nc2c(-c3ccc(C(F)(F)F)cc3)nc3ccccn23)cc1. The second kappa shape index (κ2) is 7.55. The van der Waals surface area contributed by atoms with Crippen LogP contribution in [0.5, 0.6) is 0 Å². The maximum Gasteiger partial charge on any atom is 0.416 e. The number of nitrogens with zero attached hydrogens (tertiary/aromatic N) is 2. The quantitative estimate of drug-likeness (QED) is 0.448. The second-order valence-electron chi connectivity index (χ2n) is 6.51. The van der Waals surface area contributed by atoms with Crippen LogP contribution in [0.15, 0.2) is 72.9 Å². The molecule has 0 amide bonds. The Labute approximate surface area is 169 Å². The van der Waals surface area contributed by atoms with Crippen molar-refractivity contribution in [1.82, 2.24) is 9.38 Å². The van der Waals surface area contributed by atoms with E-state index in [4.69, 9.17) is 4.74 Å². The molecule has 0 bridgehead atoms. The monoisotopic (exact) mass is 411 g/mol. The normalized spacial score (nSPS) is 11.5. The molecular formula is C22H16F3N3O2. The summed E-state index contributed by atoms with van der Waals surface area (Å²) in [6, 6.07) is 17.0. The maximum atomic E-state index is 12.9. The molecule has 0 unspecified atom stereocenters. The van der Waals surface area contributed by atoms with Crippen LogP contribution in [0.1, 0.15) is 15.9 Å². The minimum absolute atomic E-state index is 0.407. The molecule has 30 heavy (non-hydrogen) atoms. The number of fused-ring (bicyclic) bond motifs is 1. The molecule has 5 nitrogen and oxygen atoms in total. The number of carbonyl (C=O) groups excluding carboxylic acids is 1. The van der Waals surface area contributed by atoms with Gasteiger partial charge >= 0.3 is 12.1 Å². The summed E-state index contributed by atoms with van der Waals surface area (Å²) in [4.78, 5) is 16.2. The molecule has 0 aliphatic carbocycles. The van der Waals surface area contributed by atoms with Gasteiger partial charge in [0.1, 0.15) is 17.2 Å². The topological polar surface area (TPSA) is 55.6 Å². The highest BCUT2D eigenvalue weighted by Crippen LogP contribution is 2.34. The zero-order chi connectivity index (χ0) is 21.3. The number of nitrogens with one attached hydrogen (secondary N) is 1. The lowest BCUT2D eigenvalue weighted by molar-refractivity contribution is -0.137. The van der Waals surface area contributed by atoms with E-state index in [1.807, 2.05) is 12.1 Å². The molecule has 0 spiro atoms. The Bertz CT molecular complexity index is 1200. The van der Waals surface area contributed by atoms with Crippen molar-refractivity contribution >= 4 is 23.1 Å². The number of hydrogen-bond acceptors (Lipinski definition) is 4. The predicted octanol–water partition coefficient (Wildman–Crippen LogP) is 5.55. The lowest BCUT2D eigenvalue weighted by Gasteiger charge is -2.10. The van der Waals surface area contributed by atoms with E-state index < -0.39 is 17.7 Å². The smallest absolute Gasteiger partial charge is 0.416 e. The third-order valence-corrected chi connectivity index (χ3v) is 4.58. The number of hydrogen-bond donors (Lipinski definition) is 1. The summed E-state index contributed by atoms with van der Waals surface area (Å²) in [5.41, 5.74) is 2.06. The Morgan fingerprint density at radius 2 is 1.70 bits per heavy atom. The number of ether oxygens (including phenoxy) is 1. The highest BCUT2D eigenvalue weighted by molar-refractivity contribution is 5.90. The molecule has 0 fully saturated rings. The molecule has 152 valence electrons. The summed E-state index contributed by atoms with van der Waals surface area (Å²) in [5, 5.41) is 3.25. The van der Waals surface area contributed by atoms with E-state index in [1.54, 1.807) is 40.9 Å². The average molecular weight is 411 g/mol. The van der Waals surface area contributed by atoms with E-state index in [9.17, 15) is 18.0 Å². The molecule has 0 radical (unpaired) electrons. The number of benzene rings is 2. The van der Waals surface area contributed by atoms with Gasteiger partial charge in [0.15, 0.2) is 0 Å². The van der Waals surface area contributed by atoms with Crippen LogP contribution in [0, 0.1) is 0 Å². The molecule has 0 aliphatic rings. The van der Waals surface area contributed by atoms with Gasteiger partial charge in [0.2, 0.25) is 0 Å². The van der Waals surface area contributed by atoms with Crippen LogP contribution in [-0.2, 0) is 10.9 Å². The summed E-state index contributed by atoms with van der Waals surface area (Å²) in [6.07, 6.45) is -2.60. The van der Waals surface area contributed by atoms with Crippen molar-refractivity contribution < 1.29 is 22.7 Å². The third kappa shape index (κ3) is 3.71. The third-order valence-electron chi connectivity index (χ3n) is 4.58. The fourth-order valence-corrected chi connectivity index (χ4v) is 3.08. The zero-order valence-corrected chi connectivity index (χ0v) is 15.8. The van der Waals surface area contributed by atoms with Gasteiger partial charge < -0.3 is 10.1 Å². The van der Waals surface area contributed by atoms with Crippen molar-refractivity contribution in [2.75, 3.05) is 12.4 Å². The van der Waals surface area contributed by atoms with Crippen molar-refractivity contribution in [3.05, 3.63) is 84.1 Å². The minimum Gasteiger partial charge on any atom is -0.465 e. The molecule has 4 rings (SSSR count). The first-order valence-corrected chi connectivity index (χ1v) is 8.97. The number of pyridine rings is 1. The number of rotatable bonds is 4. The van der Waals surface area contributed by atoms with Crippen LogP contribution < -0.4 is 5.32 Å². The van der Waals surface area contributed by atoms with E-state index >= 15 is 0 Å². The lowest BCUT2D eigenvalue weighted by Crippen LogP contribution is -2.04. The van der Waals surface area contributed by atoms with Gasteiger partial charge in [0, 0.05) is 17.4 Å². The van der Waals surface area contributed by atoms with Gasteiger partial charge in [-0.3, -0.25) is 4.40 Å². The molecule has 2 aromatic heterocycles. The summed E-state index contributed by atoms with van der Waals surface area (Å²) in [5.74, 6) is 0.151. The van der Waals surface area contributed by atoms with Crippen molar-refractivity contribution in [3.8, 4) is 11.3 Å². The number of methoxy groups -OCH3 is 1. The Morgan fingerprint density at radius 3 is 2.33 bits per heavy atom. The first kappa shape index (κ1) is 19.5. The molecule has 0 aliphatic heterocycles. The highest BCUT2D eigenvalue weighted by Gasteiger charge is 2.30. The van der Waals surface area contributed by atoms with Gasteiger partial charge in [-0.25, -0.2) is 9.78 Å². The number of carbonyl (C=O) groups is 1. The van der Waals surface area contributed by atoms with Gasteiger partial charge in [0.05, 0.1) is 18.2 Å². The van der Waals surface area contributed by atoms with E-state index in [-0.39, 0.29) is 0 Å². The van der Waals surface area contributed by atoms with Crippen LogP contribution in [0.2, 0.25) is 0 Å². The molecule has 1 N–H and O–H groups in total. The summed E-state index contributed by atoms with van der Waals surface area (Å²) >= 11 is 0. The predicted molar refractivity (Wildman–Crippen MR) is 107 cm³/mol. The highest BCUT2D eigenvalue weighted by atomic mass is 19.4. The van der Waals surface area contributed by atoms with E-state index in [0.717, 1.165) is 12.1 Å². The average Bonchev–Trinajstić information content (AvgIpc) is 3.11. The van der Waals surface area contributed by atoms with Crippen LogP contribution in [0.3, 0.4) is 0 Å². The largest absolute Gasteiger partial charge is 0.465 e.